The Balaban J connectivity index is 0.000000156. The van der Waals surface area contributed by atoms with Crippen LogP contribution in [-0.4, -0.2) is 24.2 Å². The van der Waals surface area contributed by atoms with Crippen molar-refractivity contribution >= 4 is 0 Å². The molecule has 4 aromatic carbocycles. The van der Waals surface area contributed by atoms with E-state index in [9.17, 15) is 13.2 Å². The van der Waals surface area contributed by atoms with Gasteiger partial charge in [0.05, 0.1) is 28.5 Å². The largest absolute Gasteiger partial charge is 0.429 e. The Labute approximate surface area is 325 Å². The molecule has 0 aliphatic heterocycles. The minimum absolute atomic E-state index is 0. The van der Waals surface area contributed by atoms with Gasteiger partial charge in [-0.05, 0) is 81.3 Å². The molecule has 0 aliphatic rings. The van der Waals surface area contributed by atoms with Crippen molar-refractivity contribution in [2.24, 2.45) is 0 Å². The number of nitrogens with zero attached hydrogens (tertiary/aromatic N) is 8. The molecule has 0 N–H and O–H groups in total. The number of alkyl halides is 3. The van der Waals surface area contributed by atoms with E-state index in [1.165, 1.54) is 35.0 Å². The summed E-state index contributed by atoms with van der Waals surface area (Å²) in [5.74, 6) is -1.37. The first-order chi connectivity index (χ1) is 25.6. The van der Waals surface area contributed by atoms with Crippen LogP contribution >= 0.6 is 0 Å². The number of hydrogen-bond acceptors (Lipinski definition) is 3. The van der Waals surface area contributed by atoms with Crippen molar-refractivity contribution in [2.75, 3.05) is 0 Å². The molecule has 0 atom stereocenters. The van der Waals surface area contributed by atoms with Crippen LogP contribution < -0.4 is 14.2 Å². The van der Waals surface area contributed by atoms with Crippen molar-refractivity contribution < 1.29 is 42.4 Å². The van der Waals surface area contributed by atoms with Crippen molar-refractivity contribution in [1.82, 2.24) is 29.3 Å². The second-order valence-corrected chi connectivity index (χ2v) is 11.7. The van der Waals surface area contributed by atoms with Gasteiger partial charge >= 0.3 is 6.18 Å². The Morgan fingerprint density at radius 1 is 0.611 bits per heavy atom. The summed E-state index contributed by atoms with van der Waals surface area (Å²) < 4.78 is 44.6. The fourth-order valence-electron chi connectivity index (χ4n) is 5.28. The molecule has 4 heterocycles. The number of pyridine rings is 1. The average Bonchev–Trinajstić information content (AvgIpc) is 3.90. The van der Waals surface area contributed by atoms with E-state index >= 15 is 0 Å². The van der Waals surface area contributed by atoms with Crippen molar-refractivity contribution in [3.05, 3.63) is 187 Å². The van der Waals surface area contributed by atoms with Gasteiger partial charge in [-0.25, -0.2) is 0 Å². The van der Waals surface area contributed by atoms with E-state index in [1.54, 1.807) is 12.1 Å². The molecule has 8 nitrogen and oxygen atoms in total. The first kappa shape index (κ1) is 39.2. The van der Waals surface area contributed by atoms with E-state index in [0.717, 1.165) is 22.7 Å². The summed E-state index contributed by atoms with van der Waals surface area (Å²) >= 11 is 0. The minimum Gasteiger partial charge on any atom is -0.413 e. The predicted octanol–water partition coefficient (Wildman–Crippen LogP) is 7.45. The second-order valence-electron chi connectivity index (χ2n) is 11.7. The van der Waals surface area contributed by atoms with Crippen molar-refractivity contribution in [3.8, 4) is 34.3 Å². The number of rotatable bonds is 5. The summed E-state index contributed by atoms with van der Waals surface area (Å²) in [5, 5.41) is 6.25. The zero-order valence-corrected chi connectivity index (χ0v) is 32.1. The molecule has 0 bridgehead atoms. The maximum atomic E-state index is 12.1. The Morgan fingerprint density at radius 3 is 1.46 bits per heavy atom. The van der Waals surface area contributed by atoms with Crippen LogP contribution in [-0.2, 0) is 26.3 Å². The number of halogens is 3. The first-order valence-corrected chi connectivity index (χ1v) is 16.6. The Kier molecular flexibility index (Phi) is 12.9. The van der Waals surface area contributed by atoms with Gasteiger partial charge in [-0.1, -0.05) is 42.5 Å². The van der Waals surface area contributed by atoms with E-state index in [0.29, 0.717) is 0 Å². The third-order valence-corrected chi connectivity index (χ3v) is 8.28. The third-order valence-electron chi connectivity index (χ3n) is 8.28. The summed E-state index contributed by atoms with van der Waals surface area (Å²) in [7, 11) is 0. The summed E-state index contributed by atoms with van der Waals surface area (Å²) in [6, 6.07) is 47.7. The van der Waals surface area contributed by atoms with Crippen LogP contribution in [0.25, 0.3) is 34.3 Å². The minimum atomic E-state index is -4.57. The smallest absolute Gasteiger partial charge is 0.413 e. The van der Waals surface area contributed by atoms with Gasteiger partial charge in [0, 0.05) is 37.7 Å². The first-order valence-electron chi connectivity index (χ1n) is 16.6. The van der Waals surface area contributed by atoms with Gasteiger partial charge in [0.15, 0.2) is 0 Å². The predicted molar refractivity (Wildman–Crippen MR) is 192 cm³/mol. The monoisotopic (exact) mass is 900 g/mol. The number of aromatic nitrogens is 8. The van der Waals surface area contributed by atoms with E-state index in [1.807, 2.05) is 94.1 Å². The van der Waals surface area contributed by atoms with E-state index in [4.69, 9.17) is 0 Å². The molecule has 0 saturated heterocycles. The fourth-order valence-corrected chi connectivity index (χ4v) is 5.28. The summed E-state index contributed by atoms with van der Waals surface area (Å²) in [4.78, 5) is 7.05. The Morgan fingerprint density at radius 2 is 1.07 bits per heavy atom. The molecular formula is C42H34F3IrN8-3. The van der Waals surface area contributed by atoms with Crippen molar-refractivity contribution in [1.29, 1.82) is 0 Å². The average molecular weight is 900 g/mol. The molecule has 8 rings (SSSR count). The molecule has 0 unspecified atom stereocenters. The molecule has 0 amide bonds. The zero-order chi connectivity index (χ0) is 37.4. The fraction of sp³-hybridized carbons (Fsp3) is 0.119. The van der Waals surface area contributed by atoms with E-state index in [-0.39, 0.29) is 31.6 Å². The number of para-hydroxylation sites is 4. The zero-order valence-electron chi connectivity index (χ0n) is 29.7. The van der Waals surface area contributed by atoms with Crippen molar-refractivity contribution in [2.45, 2.75) is 33.9 Å². The SMILES string of the molecule is Cc1c(C)[n+](-c2ccccc2)[c-]n1-c1[c-]cccc1.Cc1c(C)[n+](-c2ccccc2)[c-]n1-c1[c-]cccc1.FC(F)(F)c1n[n-]c(-c2ccccn2)n1.[Ir]. The van der Waals surface area contributed by atoms with Crippen LogP contribution in [0.4, 0.5) is 13.2 Å². The van der Waals surface area contributed by atoms with Crippen LogP contribution in [0, 0.1) is 52.5 Å². The van der Waals surface area contributed by atoms with Crippen LogP contribution in [0.5, 0.6) is 0 Å². The molecule has 12 heteroatoms. The summed E-state index contributed by atoms with van der Waals surface area (Å²) in [6.45, 7) is 8.43. The topological polar surface area (TPSA) is 70.4 Å². The van der Waals surface area contributed by atoms with Gasteiger partial charge in [0.25, 0.3) is 12.7 Å². The van der Waals surface area contributed by atoms with Crippen LogP contribution in [0.2, 0.25) is 0 Å². The normalized spacial score (nSPS) is 10.7. The molecule has 0 saturated carbocycles. The molecule has 4 aromatic heterocycles. The van der Waals surface area contributed by atoms with E-state index < -0.39 is 12.0 Å². The molecule has 0 spiro atoms. The Bertz CT molecular complexity index is 2110. The summed E-state index contributed by atoms with van der Waals surface area (Å²) in [6.07, 6.45) is 3.64. The van der Waals surface area contributed by atoms with Gasteiger partial charge in [-0.3, -0.25) is 19.2 Å². The molecule has 0 fully saturated rings. The van der Waals surface area contributed by atoms with Gasteiger partial charge in [0.2, 0.25) is 0 Å². The number of hydrogen-bond donors (Lipinski definition) is 0. The molecular weight excluding hydrogens is 866 g/mol. The van der Waals surface area contributed by atoms with Gasteiger partial charge in [-0.15, -0.1) is 0 Å². The second kappa shape index (κ2) is 17.7. The Hall–Kier alpha value is -5.97. The van der Waals surface area contributed by atoms with E-state index in [2.05, 4.69) is 106 Å². The van der Waals surface area contributed by atoms with Crippen LogP contribution in [0.1, 0.15) is 28.6 Å². The molecule has 1 radical (unpaired) electrons. The summed E-state index contributed by atoms with van der Waals surface area (Å²) in [5.41, 5.74) is 9.25. The van der Waals surface area contributed by atoms with Crippen molar-refractivity contribution in [3.63, 3.8) is 0 Å². The van der Waals surface area contributed by atoms with Gasteiger partial charge in [-0.2, -0.15) is 73.8 Å². The standard InChI is InChI=1S/2C17H15N2.C8H4F3N4.Ir/c2*1-14-15(2)19(17-11-7-4-8-12-17)13-18(14)16-9-5-3-6-10-16;9-8(10,11)7-13-6(14-15-7)5-3-1-2-4-12-5;/h2*3-11H,1-2H3;1-4H;/q3*-1;. The maximum absolute atomic E-state index is 12.1. The number of benzene rings is 4. The molecule has 54 heavy (non-hydrogen) atoms. The number of imidazole rings is 2. The van der Waals surface area contributed by atoms with Gasteiger partial charge in [0.1, 0.15) is 5.82 Å². The maximum Gasteiger partial charge on any atom is 0.429 e. The van der Waals surface area contributed by atoms with Gasteiger partial charge < -0.3 is 19.2 Å². The molecule has 275 valence electrons. The molecule has 8 aromatic rings. The quantitative estimate of drug-likeness (QED) is 0.133. The van der Waals surface area contributed by atoms with Crippen LogP contribution in [0.15, 0.2) is 134 Å². The molecule has 0 aliphatic carbocycles. The third kappa shape index (κ3) is 9.14. The van der Waals surface area contributed by atoms with Crippen LogP contribution in [0.3, 0.4) is 0 Å².